The van der Waals surface area contributed by atoms with E-state index >= 15 is 0 Å². The predicted molar refractivity (Wildman–Crippen MR) is 144 cm³/mol. The zero-order valence-electron chi connectivity index (χ0n) is 19.5. The van der Waals surface area contributed by atoms with Gasteiger partial charge in [-0.3, -0.25) is 9.36 Å². The molecule has 0 amide bonds. The van der Waals surface area contributed by atoms with Crippen molar-refractivity contribution in [1.82, 2.24) is 4.57 Å². The Hall–Kier alpha value is -3.52. The van der Waals surface area contributed by atoms with Gasteiger partial charge in [0.05, 0.1) is 28.5 Å². The van der Waals surface area contributed by atoms with Gasteiger partial charge < -0.3 is 4.74 Å². The van der Waals surface area contributed by atoms with Crippen molar-refractivity contribution in [2.24, 2.45) is 4.99 Å². The van der Waals surface area contributed by atoms with Crippen LogP contribution in [0.5, 0.6) is 0 Å². The molecule has 2 heterocycles. The molecule has 5 rings (SSSR count). The van der Waals surface area contributed by atoms with E-state index in [1.807, 2.05) is 30.3 Å². The topological polar surface area (TPSA) is 60.7 Å². The van der Waals surface area contributed by atoms with E-state index in [9.17, 15) is 14.0 Å². The first kappa shape index (κ1) is 25.1. The number of rotatable bonds is 5. The first-order valence-corrected chi connectivity index (χ1v) is 12.9. The van der Waals surface area contributed by atoms with Gasteiger partial charge in [0, 0.05) is 15.6 Å². The van der Waals surface area contributed by atoms with Crippen LogP contribution in [0.2, 0.25) is 10.0 Å². The minimum absolute atomic E-state index is 0.139. The van der Waals surface area contributed by atoms with E-state index < -0.39 is 17.8 Å². The van der Waals surface area contributed by atoms with Gasteiger partial charge in [-0.05, 0) is 48.4 Å². The number of thiazole rings is 1. The Morgan fingerprint density at radius 2 is 1.84 bits per heavy atom. The van der Waals surface area contributed by atoms with Gasteiger partial charge >= 0.3 is 5.97 Å². The maximum Gasteiger partial charge on any atom is 0.338 e. The molecule has 4 aromatic rings. The molecule has 0 bridgehead atoms. The lowest BCUT2D eigenvalue weighted by molar-refractivity contribution is -0.138. The zero-order valence-corrected chi connectivity index (χ0v) is 21.8. The number of carbonyl (C=O) groups is 1. The van der Waals surface area contributed by atoms with Gasteiger partial charge in [0.15, 0.2) is 4.80 Å². The summed E-state index contributed by atoms with van der Waals surface area (Å²) in [5.41, 5.74) is 2.08. The summed E-state index contributed by atoms with van der Waals surface area (Å²) in [5, 5.41) is 0.872. The number of ether oxygens (including phenoxy) is 1. The molecule has 0 spiro atoms. The first-order chi connectivity index (χ1) is 17.9. The van der Waals surface area contributed by atoms with Crippen molar-refractivity contribution >= 4 is 52.3 Å². The largest absolute Gasteiger partial charge is 0.463 e. The number of esters is 1. The van der Waals surface area contributed by atoms with E-state index in [1.165, 1.54) is 28.0 Å². The van der Waals surface area contributed by atoms with Crippen LogP contribution in [-0.2, 0) is 9.53 Å². The molecular weight excluding hydrogens is 534 g/mol. The van der Waals surface area contributed by atoms with Gasteiger partial charge in [-0.2, -0.15) is 0 Å². The highest BCUT2D eigenvalue weighted by atomic mass is 35.5. The Morgan fingerprint density at radius 1 is 1.11 bits per heavy atom. The number of nitrogens with zero attached hydrogens (tertiary/aromatic N) is 2. The highest BCUT2D eigenvalue weighted by molar-refractivity contribution is 7.07. The fourth-order valence-corrected chi connectivity index (χ4v) is 5.62. The van der Waals surface area contributed by atoms with Gasteiger partial charge in [0.1, 0.15) is 5.82 Å². The van der Waals surface area contributed by atoms with Crippen molar-refractivity contribution in [2.75, 3.05) is 6.61 Å². The van der Waals surface area contributed by atoms with Gasteiger partial charge in [-0.25, -0.2) is 14.2 Å². The molecule has 0 unspecified atom stereocenters. The van der Waals surface area contributed by atoms with E-state index in [2.05, 4.69) is 0 Å². The molecule has 0 N–H and O–H groups in total. The first-order valence-electron chi connectivity index (χ1n) is 11.4. The standard InChI is InChI=1S/C28H19Cl2FN2O3S/c1-2-36-27(35)23-24(16-6-4-3-5-7-16)32-28-33(25(23)17-9-12-20(31)13-10-17)26(34)22(37-28)14-18-8-11-19(29)15-21(18)30/h3-15,25H,2H2,1H3/b22-14-/t25-/m1/s1. The third kappa shape index (κ3) is 4.90. The predicted octanol–water partition coefficient (Wildman–Crippen LogP) is 5.38. The zero-order chi connectivity index (χ0) is 26.1. The lowest BCUT2D eigenvalue weighted by Gasteiger charge is -2.25. The highest BCUT2D eigenvalue weighted by Gasteiger charge is 2.35. The number of carbonyl (C=O) groups excluding carboxylic acids is 1. The lowest BCUT2D eigenvalue weighted by Crippen LogP contribution is -2.40. The van der Waals surface area contributed by atoms with Crippen molar-refractivity contribution in [3.63, 3.8) is 0 Å². The van der Waals surface area contributed by atoms with Crippen LogP contribution in [0.4, 0.5) is 4.39 Å². The summed E-state index contributed by atoms with van der Waals surface area (Å²) < 4.78 is 21.1. The molecule has 1 aliphatic rings. The van der Waals surface area contributed by atoms with Crippen molar-refractivity contribution in [2.45, 2.75) is 13.0 Å². The maximum atomic E-state index is 13.8. The van der Waals surface area contributed by atoms with Crippen molar-refractivity contribution < 1.29 is 13.9 Å². The monoisotopic (exact) mass is 552 g/mol. The smallest absolute Gasteiger partial charge is 0.338 e. The number of aromatic nitrogens is 1. The molecule has 0 saturated heterocycles. The van der Waals surface area contributed by atoms with E-state index in [-0.39, 0.29) is 17.7 Å². The van der Waals surface area contributed by atoms with Crippen LogP contribution in [0, 0.1) is 5.82 Å². The lowest BCUT2D eigenvalue weighted by atomic mass is 9.93. The highest BCUT2D eigenvalue weighted by Crippen LogP contribution is 2.35. The van der Waals surface area contributed by atoms with E-state index in [0.29, 0.717) is 41.8 Å². The third-order valence-electron chi connectivity index (χ3n) is 5.81. The molecule has 9 heteroatoms. The number of fused-ring (bicyclic) bond motifs is 1. The molecule has 3 aromatic carbocycles. The SMILES string of the molecule is CCOC(=O)C1=C(c2ccccc2)N=c2s/c(=C\c3ccc(Cl)cc3Cl)c(=O)n2[C@@H]1c1ccc(F)cc1. The average molecular weight is 553 g/mol. The third-order valence-corrected chi connectivity index (χ3v) is 7.35. The summed E-state index contributed by atoms with van der Waals surface area (Å²) in [6.07, 6.45) is 1.67. The summed E-state index contributed by atoms with van der Waals surface area (Å²) in [5.74, 6) is -1.03. The molecule has 1 aliphatic heterocycles. The molecular formula is C28H19Cl2FN2O3S. The Morgan fingerprint density at radius 3 is 2.51 bits per heavy atom. The second-order valence-electron chi connectivity index (χ2n) is 8.15. The minimum Gasteiger partial charge on any atom is -0.463 e. The summed E-state index contributed by atoms with van der Waals surface area (Å²) in [6, 6.07) is 19.0. The van der Waals surface area contributed by atoms with Crippen LogP contribution in [0.25, 0.3) is 11.8 Å². The van der Waals surface area contributed by atoms with Gasteiger partial charge in [-0.15, -0.1) is 0 Å². The van der Waals surface area contributed by atoms with E-state index in [1.54, 1.807) is 43.3 Å². The molecule has 0 aliphatic carbocycles. The van der Waals surface area contributed by atoms with Gasteiger partial charge in [0.2, 0.25) is 0 Å². The Kier molecular flexibility index (Phi) is 7.11. The van der Waals surface area contributed by atoms with Crippen LogP contribution in [0.3, 0.4) is 0 Å². The fraction of sp³-hybridized carbons (Fsp3) is 0.107. The summed E-state index contributed by atoms with van der Waals surface area (Å²) in [7, 11) is 0. The van der Waals surface area contributed by atoms with Crippen molar-refractivity contribution in [3.8, 4) is 0 Å². The van der Waals surface area contributed by atoms with E-state index in [4.69, 9.17) is 32.9 Å². The quantitative estimate of drug-likeness (QED) is 0.312. The van der Waals surface area contributed by atoms with E-state index in [0.717, 1.165) is 0 Å². The average Bonchev–Trinajstić information content (AvgIpc) is 3.20. The summed E-state index contributed by atoms with van der Waals surface area (Å²) >= 11 is 13.6. The van der Waals surface area contributed by atoms with Crippen LogP contribution in [0.1, 0.15) is 29.7 Å². The van der Waals surface area contributed by atoms with Crippen LogP contribution in [-0.4, -0.2) is 17.1 Å². The number of benzene rings is 3. The Bertz CT molecular complexity index is 1710. The Balaban J connectivity index is 1.83. The van der Waals surface area contributed by atoms with Crippen LogP contribution in [0.15, 0.2) is 88.2 Å². The van der Waals surface area contributed by atoms with Gasteiger partial charge in [0.25, 0.3) is 5.56 Å². The molecule has 37 heavy (non-hydrogen) atoms. The minimum atomic E-state index is -0.881. The Labute approximate surface area is 225 Å². The molecule has 186 valence electrons. The molecule has 1 aromatic heterocycles. The van der Waals surface area contributed by atoms with Crippen LogP contribution >= 0.6 is 34.5 Å². The number of hydrogen-bond acceptors (Lipinski definition) is 5. The summed E-state index contributed by atoms with van der Waals surface area (Å²) in [6.45, 7) is 1.85. The fourth-order valence-electron chi connectivity index (χ4n) is 4.16. The maximum absolute atomic E-state index is 13.8. The molecule has 5 nitrogen and oxygen atoms in total. The molecule has 1 atom stereocenters. The number of halogens is 3. The second kappa shape index (κ2) is 10.5. The van der Waals surface area contributed by atoms with Gasteiger partial charge in [-0.1, -0.05) is 83.1 Å². The normalized spacial score (nSPS) is 15.4. The molecule has 0 radical (unpaired) electrons. The second-order valence-corrected chi connectivity index (χ2v) is 10.0. The van der Waals surface area contributed by atoms with Crippen molar-refractivity contribution in [1.29, 1.82) is 0 Å². The molecule has 0 fully saturated rings. The summed E-state index contributed by atoms with van der Waals surface area (Å²) in [4.78, 5) is 32.3. The molecule has 0 saturated carbocycles. The van der Waals surface area contributed by atoms with Crippen molar-refractivity contribution in [3.05, 3.63) is 131 Å². The number of hydrogen-bond donors (Lipinski definition) is 0. The van der Waals surface area contributed by atoms with Crippen LogP contribution < -0.4 is 14.9 Å².